The molecule has 0 unspecified atom stereocenters. The quantitative estimate of drug-likeness (QED) is 0.714. The van der Waals surface area contributed by atoms with Crippen LogP contribution in [0.1, 0.15) is 52.9 Å². The lowest BCUT2D eigenvalue weighted by atomic mass is 9.73. The molecule has 2 fully saturated rings. The van der Waals surface area contributed by atoms with Crippen molar-refractivity contribution in [3.05, 3.63) is 0 Å². The fourth-order valence-corrected chi connectivity index (χ4v) is 4.17. The van der Waals surface area contributed by atoms with E-state index in [1.54, 1.807) is 0 Å². The van der Waals surface area contributed by atoms with Crippen molar-refractivity contribution in [1.29, 1.82) is 5.26 Å². The fraction of sp³-hybridized carbons (Fsp3) is 0.857. The highest BCUT2D eigenvalue weighted by atomic mass is 16.1. The van der Waals surface area contributed by atoms with Crippen molar-refractivity contribution in [1.82, 2.24) is 0 Å². The molecule has 0 spiro atoms. The number of fused-ring (bicyclic) bond motifs is 1. The molecule has 88 valence electrons. The zero-order valence-corrected chi connectivity index (χ0v) is 10.5. The Bertz CT molecular complexity index is 352. The number of hydrogen-bond donors (Lipinski definition) is 0. The van der Waals surface area contributed by atoms with Gasteiger partial charge in [0.15, 0.2) is 0 Å². The van der Waals surface area contributed by atoms with E-state index >= 15 is 0 Å². The highest BCUT2D eigenvalue weighted by Crippen LogP contribution is 2.62. The summed E-state index contributed by atoms with van der Waals surface area (Å²) >= 11 is 0. The minimum atomic E-state index is 0.161. The molecule has 0 N–H and O–H groups in total. The molecule has 0 saturated heterocycles. The number of carbonyl (C=O) groups is 1. The highest BCUT2D eigenvalue weighted by molar-refractivity contribution is 5.87. The minimum absolute atomic E-state index is 0.161. The van der Waals surface area contributed by atoms with E-state index in [1.807, 2.05) is 0 Å². The average molecular weight is 219 g/mol. The summed E-state index contributed by atoms with van der Waals surface area (Å²) in [4.78, 5) is 12.4. The fourth-order valence-electron chi connectivity index (χ4n) is 4.17. The molecular formula is C14H21NO. The summed E-state index contributed by atoms with van der Waals surface area (Å²) in [5.74, 6) is 0.846. The molecule has 3 atom stereocenters. The zero-order valence-electron chi connectivity index (χ0n) is 10.5. The first-order valence-corrected chi connectivity index (χ1v) is 6.31. The maximum absolute atomic E-state index is 12.4. The second kappa shape index (κ2) is 3.58. The van der Waals surface area contributed by atoms with Gasteiger partial charge in [0.05, 0.1) is 6.07 Å². The monoisotopic (exact) mass is 219 g/mol. The van der Waals surface area contributed by atoms with E-state index in [1.165, 1.54) is 12.8 Å². The Balaban J connectivity index is 2.19. The molecule has 2 saturated carbocycles. The summed E-state index contributed by atoms with van der Waals surface area (Å²) in [6, 6.07) is 2.16. The lowest BCUT2D eigenvalue weighted by molar-refractivity contribution is -0.127. The standard InChI is InChI=1S/C14H21NO/c1-13(2)6-7-14(3)9-10(5-4-8-15)11(16)12(13)14/h10,12H,4-7,9H2,1-3H3/t10-,12-,14-/m1/s1. The lowest BCUT2D eigenvalue weighted by Gasteiger charge is -2.29. The third-order valence-corrected chi connectivity index (χ3v) is 4.82. The van der Waals surface area contributed by atoms with Gasteiger partial charge in [0, 0.05) is 18.3 Å². The third-order valence-electron chi connectivity index (χ3n) is 4.82. The van der Waals surface area contributed by atoms with Gasteiger partial charge in [-0.25, -0.2) is 0 Å². The minimum Gasteiger partial charge on any atom is -0.299 e. The van der Waals surface area contributed by atoms with Crippen LogP contribution in [-0.4, -0.2) is 5.78 Å². The molecule has 2 rings (SSSR count). The van der Waals surface area contributed by atoms with Crippen molar-refractivity contribution in [2.24, 2.45) is 22.7 Å². The first-order chi connectivity index (χ1) is 7.41. The van der Waals surface area contributed by atoms with Crippen LogP contribution in [0.15, 0.2) is 0 Å². The Morgan fingerprint density at radius 2 is 2.06 bits per heavy atom. The lowest BCUT2D eigenvalue weighted by Crippen LogP contribution is -2.30. The van der Waals surface area contributed by atoms with Crippen LogP contribution in [0.3, 0.4) is 0 Å². The van der Waals surface area contributed by atoms with Crippen LogP contribution < -0.4 is 0 Å². The first kappa shape index (κ1) is 11.6. The van der Waals surface area contributed by atoms with Crippen molar-refractivity contribution in [2.45, 2.75) is 52.9 Å². The molecule has 2 aliphatic carbocycles. The molecule has 0 aromatic heterocycles. The summed E-state index contributed by atoms with van der Waals surface area (Å²) in [6.07, 6.45) is 4.67. The summed E-state index contributed by atoms with van der Waals surface area (Å²) in [7, 11) is 0. The van der Waals surface area contributed by atoms with Gasteiger partial charge in [-0.15, -0.1) is 0 Å². The van der Waals surface area contributed by atoms with E-state index in [4.69, 9.17) is 5.26 Å². The van der Waals surface area contributed by atoms with Gasteiger partial charge in [0.2, 0.25) is 0 Å². The van der Waals surface area contributed by atoms with Gasteiger partial charge < -0.3 is 0 Å². The Labute approximate surface area is 98.0 Å². The van der Waals surface area contributed by atoms with Crippen LogP contribution in [0.4, 0.5) is 0 Å². The number of Topliss-reactive ketones (excluding diaryl/α,β-unsaturated/α-hetero) is 1. The van der Waals surface area contributed by atoms with Crippen LogP contribution >= 0.6 is 0 Å². The maximum atomic E-state index is 12.4. The van der Waals surface area contributed by atoms with Crippen molar-refractivity contribution in [2.75, 3.05) is 0 Å². The Morgan fingerprint density at radius 1 is 1.38 bits per heavy atom. The molecular weight excluding hydrogens is 198 g/mol. The zero-order chi connectivity index (χ0) is 12.0. The van der Waals surface area contributed by atoms with Crippen LogP contribution in [-0.2, 0) is 4.79 Å². The Hall–Kier alpha value is -0.840. The molecule has 0 heterocycles. The summed E-state index contributed by atoms with van der Waals surface area (Å²) < 4.78 is 0. The number of carbonyl (C=O) groups excluding carboxylic acids is 1. The van der Waals surface area contributed by atoms with E-state index in [2.05, 4.69) is 26.8 Å². The maximum Gasteiger partial charge on any atom is 0.140 e. The molecule has 0 bridgehead atoms. The summed E-state index contributed by atoms with van der Waals surface area (Å²) in [6.45, 7) is 6.73. The van der Waals surface area contributed by atoms with Gasteiger partial charge in [0.25, 0.3) is 0 Å². The number of ketones is 1. The van der Waals surface area contributed by atoms with E-state index in [-0.39, 0.29) is 22.7 Å². The molecule has 0 radical (unpaired) electrons. The van der Waals surface area contributed by atoms with Gasteiger partial charge in [0.1, 0.15) is 5.78 Å². The van der Waals surface area contributed by atoms with E-state index < -0.39 is 0 Å². The number of hydrogen-bond acceptors (Lipinski definition) is 2. The SMILES string of the molecule is CC1(C)CC[C@]2(C)C[C@@H](CCC#N)C(=O)[C@H]12. The summed E-state index contributed by atoms with van der Waals surface area (Å²) in [5.41, 5.74) is 0.397. The number of nitriles is 1. The van der Waals surface area contributed by atoms with Crippen molar-refractivity contribution in [3.63, 3.8) is 0 Å². The van der Waals surface area contributed by atoms with Gasteiger partial charge in [-0.05, 0) is 36.5 Å². The van der Waals surface area contributed by atoms with Gasteiger partial charge >= 0.3 is 0 Å². The molecule has 2 heteroatoms. The molecule has 0 aromatic carbocycles. The van der Waals surface area contributed by atoms with Gasteiger partial charge in [-0.1, -0.05) is 20.8 Å². The third kappa shape index (κ3) is 1.57. The molecule has 0 aliphatic heterocycles. The first-order valence-electron chi connectivity index (χ1n) is 6.31. The van der Waals surface area contributed by atoms with Gasteiger partial charge in [-0.3, -0.25) is 4.79 Å². The predicted octanol–water partition coefficient (Wildman–Crippen LogP) is 3.32. The predicted molar refractivity (Wildman–Crippen MR) is 62.6 cm³/mol. The molecule has 16 heavy (non-hydrogen) atoms. The Kier molecular flexibility index (Phi) is 2.61. The van der Waals surface area contributed by atoms with Crippen molar-refractivity contribution in [3.8, 4) is 6.07 Å². The topological polar surface area (TPSA) is 40.9 Å². The van der Waals surface area contributed by atoms with E-state index in [0.29, 0.717) is 12.2 Å². The van der Waals surface area contributed by atoms with Crippen molar-refractivity contribution >= 4 is 5.78 Å². The smallest absolute Gasteiger partial charge is 0.140 e. The van der Waals surface area contributed by atoms with E-state index in [0.717, 1.165) is 12.8 Å². The van der Waals surface area contributed by atoms with Crippen LogP contribution in [0.5, 0.6) is 0 Å². The largest absolute Gasteiger partial charge is 0.299 e. The normalized spacial score (nSPS) is 40.8. The molecule has 2 aliphatic rings. The molecule has 0 amide bonds. The van der Waals surface area contributed by atoms with E-state index in [9.17, 15) is 4.79 Å². The number of nitrogens with zero attached hydrogens (tertiary/aromatic N) is 1. The van der Waals surface area contributed by atoms with Crippen molar-refractivity contribution < 1.29 is 4.79 Å². The highest BCUT2D eigenvalue weighted by Gasteiger charge is 2.59. The van der Waals surface area contributed by atoms with Crippen LogP contribution in [0.25, 0.3) is 0 Å². The average Bonchev–Trinajstić information content (AvgIpc) is 2.58. The second-order valence-corrected chi connectivity index (χ2v) is 6.58. The van der Waals surface area contributed by atoms with Crippen LogP contribution in [0, 0.1) is 34.0 Å². The molecule has 0 aromatic rings. The second-order valence-electron chi connectivity index (χ2n) is 6.58. The molecule has 2 nitrogen and oxygen atoms in total. The summed E-state index contributed by atoms with van der Waals surface area (Å²) in [5, 5.41) is 8.62. The Morgan fingerprint density at radius 3 is 2.62 bits per heavy atom. The van der Waals surface area contributed by atoms with Crippen LogP contribution in [0.2, 0.25) is 0 Å². The number of rotatable bonds is 2. The van der Waals surface area contributed by atoms with Gasteiger partial charge in [-0.2, -0.15) is 5.26 Å².